The van der Waals surface area contributed by atoms with Gasteiger partial charge in [-0.3, -0.25) is 4.79 Å². The normalized spacial score (nSPS) is 14.9. The molecule has 1 fully saturated rings. The van der Waals surface area contributed by atoms with Gasteiger partial charge >= 0.3 is 6.03 Å². The van der Waals surface area contributed by atoms with Crippen LogP contribution in [0.3, 0.4) is 0 Å². The van der Waals surface area contributed by atoms with Crippen molar-refractivity contribution in [3.05, 3.63) is 28.7 Å². The van der Waals surface area contributed by atoms with Crippen molar-refractivity contribution in [2.24, 2.45) is 0 Å². The molecule has 5 nitrogen and oxygen atoms in total. The van der Waals surface area contributed by atoms with Crippen LogP contribution in [0.4, 0.5) is 10.5 Å². The molecule has 2 N–H and O–H groups in total. The van der Waals surface area contributed by atoms with Gasteiger partial charge in [0.25, 0.3) is 0 Å². The quantitative estimate of drug-likeness (QED) is 0.759. The third-order valence-corrected chi connectivity index (χ3v) is 4.93. The van der Waals surface area contributed by atoms with E-state index >= 15 is 0 Å². The molecular weight excluding hydrogens is 370 g/mol. The average Bonchev–Trinajstić information content (AvgIpc) is 2.58. The lowest BCUT2D eigenvalue weighted by Crippen LogP contribution is -2.42. The monoisotopic (exact) mass is 395 g/mol. The Morgan fingerprint density at radius 3 is 2.46 bits per heavy atom. The maximum absolute atomic E-state index is 12.4. The largest absolute Gasteiger partial charge is 0.340 e. The molecule has 0 radical (unpaired) electrons. The second-order valence-corrected chi connectivity index (χ2v) is 7.03. The van der Waals surface area contributed by atoms with Crippen LogP contribution in [0, 0.1) is 0 Å². The van der Waals surface area contributed by atoms with Gasteiger partial charge in [0.2, 0.25) is 5.91 Å². The number of benzene rings is 1. The lowest BCUT2D eigenvalue weighted by Gasteiger charge is -2.33. The standard InChI is InChI=1S/C18H26BrN3O2/c1-2-22(16-6-4-3-5-7-16)17(23)12-13-20-18(24)21-15-10-8-14(19)9-11-15/h8-11,16H,2-7,12-13H2,1H3,(H2,20,21,24). The van der Waals surface area contributed by atoms with Gasteiger partial charge in [-0.25, -0.2) is 4.79 Å². The second kappa shape index (κ2) is 9.67. The zero-order valence-electron chi connectivity index (χ0n) is 14.2. The van der Waals surface area contributed by atoms with Crippen molar-refractivity contribution in [1.82, 2.24) is 10.2 Å². The number of amides is 3. The van der Waals surface area contributed by atoms with Crippen LogP contribution in [0.1, 0.15) is 45.4 Å². The van der Waals surface area contributed by atoms with Gasteiger partial charge in [0.1, 0.15) is 0 Å². The summed E-state index contributed by atoms with van der Waals surface area (Å²) in [4.78, 5) is 26.2. The number of hydrogen-bond acceptors (Lipinski definition) is 2. The predicted octanol–water partition coefficient (Wildman–Crippen LogP) is 4.14. The first-order valence-corrected chi connectivity index (χ1v) is 9.49. The summed E-state index contributed by atoms with van der Waals surface area (Å²) in [6, 6.07) is 7.46. The zero-order chi connectivity index (χ0) is 17.4. The minimum atomic E-state index is -0.286. The fourth-order valence-electron chi connectivity index (χ4n) is 3.17. The summed E-state index contributed by atoms with van der Waals surface area (Å²) in [6.45, 7) is 3.12. The number of halogens is 1. The Labute approximate surface area is 152 Å². The van der Waals surface area contributed by atoms with E-state index in [0.717, 1.165) is 29.5 Å². The molecule has 132 valence electrons. The molecule has 0 aromatic heterocycles. The van der Waals surface area contributed by atoms with E-state index in [1.54, 1.807) is 0 Å². The molecule has 2 rings (SSSR count). The van der Waals surface area contributed by atoms with Gasteiger partial charge in [-0.15, -0.1) is 0 Å². The Balaban J connectivity index is 1.72. The molecule has 0 aliphatic heterocycles. The van der Waals surface area contributed by atoms with E-state index in [9.17, 15) is 9.59 Å². The lowest BCUT2D eigenvalue weighted by atomic mass is 9.94. The molecule has 1 aromatic rings. The van der Waals surface area contributed by atoms with E-state index in [-0.39, 0.29) is 11.9 Å². The molecule has 1 aliphatic carbocycles. The van der Waals surface area contributed by atoms with Crippen LogP contribution in [0.5, 0.6) is 0 Å². The molecule has 0 atom stereocenters. The first-order chi connectivity index (χ1) is 11.6. The van der Waals surface area contributed by atoms with Crippen LogP contribution in [0.2, 0.25) is 0 Å². The number of carbonyl (C=O) groups excluding carboxylic acids is 2. The van der Waals surface area contributed by atoms with Crippen LogP contribution in [-0.4, -0.2) is 36.0 Å². The average molecular weight is 396 g/mol. The molecule has 1 aliphatic rings. The first kappa shape index (κ1) is 18.8. The summed E-state index contributed by atoms with van der Waals surface area (Å²) in [7, 11) is 0. The summed E-state index contributed by atoms with van der Waals surface area (Å²) in [5.41, 5.74) is 0.722. The van der Waals surface area contributed by atoms with Gasteiger partial charge in [0, 0.05) is 35.7 Å². The van der Waals surface area contributed by atoms with E-state index in [1.807, 2.05) is 36.1 Å². The van der Waals surface area contributed by atoms with Crippen molar-refractivity contribution in [2.75, 3.05) is 18.4 Å². The molecule has 0 unspecified atom stereocenters. The van der Waals surface area contributed by atoms with Crippen LogP contribution in [0.15, 0.2) is 28.7 Å². The van der Waals surface area contributed by atoms with Crippen molar-refractivity contribution in [3.8, 4) is 0 Å². The summed E-state index contributed by atoms with van der Waals surface area (Å²) in [5, 5.41) is 5.50. The minimum absolute atomic E-state index is 0.133. The number of nitrogens with zero attached hydrogens (tertiary/aromatic N) is 1. The molecular formula is C18H26BrN3O2. The van der Waals surface area contributed by atoms with Gasteiger partial charge < -0.3 is 15.5 Å². The van der Waals surface area contributed by atoms with Crippen LogP contribution in [0.25, 0.3) is 0 Å². The molecule has 1 saturated carbocycles. The molecule has 24 heavy (non-hydrogen) atoms. The molecule has 0 saturated heterocycles. The summed E-state index contributed by atoms with van der Waals surface area (Å²) >= 11 is 3.35. The Morgan fingerprint density at radius 1 is 1.17 bits per heavy atom. The smallest absolute Gasteiger partial charge is 0.319 e. The number of rotatable bonds is 6. The predicted molar refractivity (Wildman–Crippen MR) is 100 cm³/mol. The number of hydrogen-bond donors (Lipinski definition) is 2. The number of carbonyl (C=O) groups is 2. The first-order valence-electron chi connectivity index (χ1n) is 8.70. The minimum Gasteiger partial charge on any atom is -0.340 e. The van der Waals surface area contributed by atoms with E-state index in [0.29, 0.717) is 19.0 Å². The maximum Gasteiger partial charge on any atom is 0.319 e. The Morgan fingerprint density at radius 2 is 1.83 bits per heavy atom. The molecule has 0 bridgehead atoms. The van der Waals surface area contributed by atoms with Gasteiger partial charge in [0.05, 0.1) is 0 Å². The maximum atomic E-state index is 12.4. The van der Waals surface area contributed by atoms with Gasteiger partial charge in [-0.05, 0) is 44.0 Å². The lowest BCUT2D eigenvalue weighted by molar-refractivity contribution is -0.133. The van der Waals surface area contributed by atoms with E-state index < -0.39 is 0 Å². The topological polar surface area (TPSA) is 61.4 Å². The summed E-state index contributed by atoms with van der Waals surface area (Å²) < 4.78 is 0.960. The van der Waals surface area contributed by atoms with Gasteiger partial charge in [0.15, 0.2) is 0 Å². The third-order valence-electron chi connectivity index (χ3n) is 4.40. The summed E-state index contributed by atoms with van der Waals surface area (Å²) in [6.07, 6.45) is 6.26. The highest BCUT2D eigenvalue weighted by Crippen LogP contribution is 2.22. The molecule has 0 spiro atoms. The fraction of sp³-hybridized carbons (Fsp3) is 0.556. The van der Waals surface area contributed by atoms with Crippen LogP contribution in [-0.2, 0) is 4.79 Å². The SMILES string of the molecule is CCN(C(=O)CCNC(=O)Nc1ccc(Br)cc1)C1CCCCC1. The Hall–Kier alpha value is -1.56. The van der Waals surface area contributed by atoms with E-state index in [1.165, 1.54) is 19.3 Å². The molecule has 1 aromatic carbocycles. The molecule has 3 amide bonds. The van der Waals surface area contributed by atoms with Gasteiger partial charge in [-0.1, -0.05) is 35.2 Å². The Kier molecular flexibility index (Phi) is 7.56. The molecule has 0 heterocycles. The van der Waals surface area contributed by atoms with E-state index in [2.05, 4.69) is 26.6 Å². The third kappa shape index (κ3) is 5.82. The van der Waals surface area contributed by atoms with E-state index in [4.69, 9.17) is 0 Å². The van der Waals surface area contributed by atoms with Crippen molar-refractivity contribution in [1.29, 1.82) is 0 Å². The number of nitrogens with one attached hydrogen (secondary N) is 2. The van der Waals surface area contributed by atoms with Gasteiger partial charge in [-0.2, -0.15) is 0 Å². The highest BCUT2D eigenvalue weighted by atomic mass is 79.9. The zero-order valence-corrected chi connectivity index (χ0v) is 15.8. The van der Waals surface area contributed by atoms with Crippen LogP contribution < -0.4 is 10.6 Å². The summed E-state index contributed by atoms with van der Waals surface area (Å²) in [5.74, 6) is 0.133. The van der Waals surface area contributed by atoms with Crippen molar-refractivity contribution < 1.29 is 9.59 Å². The molecule has 6 heteroatoms. The highest BCUT2D eigenvalue weighted by Gasteiger charge is 2.23. The van der Waals surface area contributed by atoms with Crippen molar-refractivity contribution in [2.45, 2.75) is 51.5 Å². The Bertz CT molecular complexity index is 542. The van der Waals surface area contributed by atoms with Crippen molar-refractivity contribution >= 4 is 33.6 Å². The highest BCUT2D eigenvalue weighted by molar-refractivity contribution is 9.10. The van der Waals surface area contributed by atoms with Crippen LogP contribution >= 0.6 is 15.9 Å². The second-order valence-electron chi connectivity index (χ2n) is 6.11. The fourth-order valence-corrected chi connectivity index (χ4v) is 3.43. The van der Waals surface area contributed by atoms with Crippen molar-refractivity contribution in [3.63, 3.8) is 0 Å². The number of urea groups is 1. The number of anilines is 1.